The minimum absolute atomic E-state index is 0.133. The average Bonchev–Trinajstić information content (AvgIpc) is 2.54. The molecule has 1 aromatic carbocycles. The molecule has 0 fully saturated rings. The van der Waals surface area contributed by atoms with Crippen LogP contribution in [0.4, 0.5) is 5.69 Å². The Hall–Kier alpha value is -2.11. The van der Waals surface area contributed by atoms with Gasteiger partial charge in [0.05, 0.1) is 27.6 Å². The van der Waals surface area contributed by atoms with Crippen LogP contribution in [0.1, 0.15) is 24.0 Å². The summed E-state index contributed by atoms with van der Waals surface area (Å²) < 4.78 is 0. The summed E-state index contributed by atoms with van der Waals surface area (Å²) in [7, 11) is 1.45. The predicted molar refractivity (Wildman–Crippen MR) is 96.8 cm³/mol. The highest BCUT2D eigenvalue weighted by molar-refractivity contribution is 6.42. The summed E-state index contributed by atoms with van der Waals surface area (Å²) in [6.45, 7) is 1.91. The Morgan fingerprint density at radius 2 is 2.00 bits per heavy atom. The van der Waals surface area contributed by atoms with Gasteiger partial charge in [0.2, 0.25) is 5.91 Å². The standard InChI is InChI=1S/C17H17Cl2N3O2/c1-11-7-13(10-20-9-11)21-17(23)6-5-16(22-24-2)12-3-4-14(18)15(19)8-12/h3-4,7-10H,5-6H2,1-2H3,(H,21,23)/b22-16+. The van der Waals surface area contributed by atoms with E-state index in [9.17, 15) is 4.79 Å². The zero-order chi connectivity index (χ0) is 17.5. The van der Waals surface area contributed by atoms with Gasteiger partial charge < -0.3 is 10.2 Å². The van der Waals surface area contributed by atoms with E-state index in [2.05, 4.69) is 15.5 Å². The first-order chi connectivity index (χ1) is 11.5. The van der Waals surface area contributed by atoms with E-state index in [1.165, 1.54) is 7.11 Å². The van der Waals surface area contributed by atoms with Gasteiger partial charge in [-0.1, -0.05) is 34.4 Å². The van der Waals surface area contributed by atoms with Crippen LogP contribution in [0.25, 0.3) is 0 Å². The number of amides is 1. The minimum atomic E-state index is -0.133. The molecule has 0 unspecified atom stereocenters. The molecule has 0 aliphatic carbocycles. The van der Waals surface area contributed by atoms with E-state index in [4.69, 9.17) is 28.0 Å². The molecule has 0 radical (unpaired) electrons. The highest BCUT2D eigenvalue weighted by Gasteiger charge is 2.11. The van der Waals surface area contributed by atoms with Crippen LogP contribution in [-0.2, 0) is 9.63 Å². The highest BCUT2D eigenvalue weighted by atomic mass is 35.5. The van der Waals surface area contributed by atoms with Gasteiger partial charge in [-0.15, -0.1) is 0 Å². The van der Waals surface area contributed by atoms with Gasteiger partial charge in [0.25, 0.3) is 0 Å². The molecule has 2 aromatic rings. The van der Waals surface area contributed by atoms with Crippen molar-refractivity contribution in [3.63, 3.8) is 0 Å². The molecule has 126 valence electrons. The van der Waals surface area contributed by atoms with E-state index in [0.29, 0.717) is 27.9 Å². The zero-order valence-corrected chi connectivity index (χ0v) is 14.9. The monoisotopic (exact) mass is 365 g/mol. The number of rotatable bonds is 6. The fourth-order valence-electron chi connectivity index (χ4n) is 2.11. The molecule has 1 amide bonds. The van der Waals surface area contributed by atoms with E-state index in [1.807, 2.05) is 13.0 Å². The maximum atomic E-state index is 12.1. The normalized spacial score (nSPS) is 11.2. The lowest BCUT2D eigenvalue weighted by atomic mass is 10.1. The Kier molecular flexibility index (Phi) is 6.58. The summed E-state index contributed by atoms with van der Waals surface area (Å²) in [6.07, 6.45) is 3.98. The first-order valence-corrected chi connectivity index (χ1v) is 8.02. The predicted octanol–water partition coefficient (Wildman–Crippen LogP) is 4.47. The number of carbonyl (C=O) groups is 1. The molecule has 0 aliphatic heterocycles. The van der Waals surface area contributed by atoms with E-state index >= 15 is 0 Å². The number of nitrogens with zero attached hydrogens (tertiary/aromatic N) is 2. The summed E-state index contributed by atoms with van der Waals surface area (Å²) >= 11 is 11.9. The largest absolute Gasteiger partial charge is 0.399 e. The third kappa shape index (κ3) is 5.22. The lowest BCUT2D eigenvalue weighted by Gasteiger charge is -2.08. The van der Waals surface area contributed by atoms with E-state index < -0.39 is 0 Å². The number of carbonyl (C=O) groups excluding carboxylic acids is 1. The average molecular weight is 366 g/mol. The van der Waals surface area contributed by atoms with Crippen LogP contribution >= 0.6 is 23.2 Å². The molecule has 1 heterocycles. The second-order valence-electron chi connectivity index (χ2n) is 5.15. The van der Waals surface area contributed by atoms with Gasteiger partial charge in [-0.25, -0.2) is 0 Å². The molecule has 2 rings (SSSR count). The van der Waals surface area contributed by atoms with Crippen LogP contribution in [0.15, 0.2) is 41.8 Å². The third-order valence-corrected chi connectivity index (χ3v) is 3.94. The summed E-state index contributed by atoms with van der Waals surface area (Å²) in [5, 5.41) is 7.67. The summed E-state index contributed by atoms with van der Waals surface area (Å²) in [4.78, 5) is 21.0. The van der Waals surface area contributed by atoms with Crippen LogP contribution in [-0.4, -0.2) is 23.7 Å². The molecule has 0 saturated heterocycles. The molecular weight excluding hydrogens is 349 g/mol. The highest BCUT2D eigenvalue weighted by Crippen LogP contribution is 2.23. The molecule has 1 N–H and O–H groups in total. The second-order valence-corrected chi connectivity index (χ2v) is 5.96. The van der Waals surface area contributed by atoms with Crippen LogP contribution in [0, 0.1) is 6.92 Å². The number of anilines is 1. The van der Waals surface area contributed by atoms with Gasteiger partial charge in [0, 0.05) is 24.6 Å². The van der Waals surface area contributed by atoms with Gasteiger partial charge >= 0.3 is 0 Å². The van der Waals surface area contributed by atoms with Gasteiger partial charge in [0.15, 0.2) is 0 Å². The van der Waals surface area contributed by atoms with Crippen LogP contribution in [0.5, 0.6) is 0 Å². The van der Waals surface area contributed by atoms with Crippen molar-refractivity contribution >= 4 is 40.5 Å². The molecular formula is C17H17Cl2N3O2. The van der Waals surface area contributed by atoms with Crippen molar-refractivity contribution in [1.29, 1.82) is 0 Å². The quantitative estimate of drug-likeness (QED) is 0.606. The zero-order valence-electron chi connectivity index (χ0n) is 13.3. The summed E-state index contributed by atoms with van der Waals surface area (Å²) in [6, 6.07) is 7.02. The van der Waals surface area contributed by atoms with Crippen molar-refractivity contribution in [1.82, 2.24) is 4.98 Å². The molecule has 7 heteroatoms. The number of oxime groups is 1. The third-order valence-electron chi connectivity index (χ3n) is 3.20. The minimum Gasteiger partial charge on any atom is -0.399 e. The number of aromatic nitrogens is 1. The van der Waals surface area contributed by atoms with E-state index in [1.54, 1.807) is 30.6 Å². The number of pyridine rings is 1. The van der Waals surface area contributed by atoms with Crippen molar-refractivity contribution in [3.8, 4) is 0 Å². The topological polar surface area (TPSA) is 63.6 Å². The van der Waals surface area contributed by atoms with Gasteiger partial charge in [-0.3, -0.25) is 9.78 Å². The van der Waals surface area contributed by atoms with Crippen LogP contribution < -0.4 is 5.32 Å². The molecule has 1 aromatic heterocycles. The first kappa shape index (κ1) is 18.2. The SMILES string of the molecule is CO/N=C(\CCC(=O)Nc1cncc(C)c1)c1ccc(Cl)c(Cl)c1. The molecule has 0 saturated carbocycles. The molecule has 5 nitrogen and oxygen atoms in total. The van der Waals surface area contributed by atoms with Gasteiger partial charge in [-0.05, 0) is 30.7 Å². The van der Waals surface area contributed by atoms with Crippen molar-refractivity contribution < 1.29 is 9.63 Å². The Labute approximate surface area is 150 Å². The lowest BCUT2D eigenvalue weighted by molar-refractivity contribution is -0.116. The Morgan fingerprint density at radius 3 is 2.67 bits per heavy atom. The van der Waals surface area contributed by atoms with Gasteiger partial charge in [0.1, 0.15) is 7.11 Å². The lowest BCUT2D eigenvalue weighted by Crippen LogP contribution is -2.14. The van der Waals surface area contributed by atoms with Gasteiger partial charge in [-0.2, -0.15) is 0 Å². The molecule has 0 atom stereocenters. The van der Waals surface area contributed by atoms with E-state index in [0.717, 1.165) is 11.1 Å². The summed E-state index contributed by atoms with van der Waals surface area (Å²) in [5.74, 6) is -0.133. The molecule has 24 heavy (non-hydrogen) atoms. The Balaban J connectivity index is 2.02. The number of nitrogens with one attached hydrogen (secondary N) is 1. The number of hydrogen-bond acceptors (Lipinski definition) is 4. The van der Waals surface area contributed by atoms with Crippen LogP contribution in [0.2, 0.25) is 10.0 Å². The van der Waals surface area contributed by atoms with Crippen molar-refractivity contribution in [2.75, 3.05) is 12.4 Å². The molecule has 0 spiro atoms. The van der Waals surface area contributed by atoms with Crippen molar-refractivity contribution in [2.24, 2.45) is 5.16 Å². The van der Waals surface area contributed by atoms with Crippen LogP contribution in [0.3, 0.4) is 0 Å². The first-order valence-electron chi connectivity index (χ1n) is 7.26. The number of benzene rings is 1. The maximum absolute atomic E-state index is 12.1. The Bertz CT molecular complexity index is 763. The second kappa shape index (κ2) is 8.66. The smallest absolute Gasteiger partial charge is 0.224 e. The van der Waals surface area contributed by atoms with Crippen molar-refractivity contribution in [2.45, 2.75) is 19.8 Å². The van der Waals surface area contributed by atoms with E-state index in [-0.39, 0.29) is 12.3 Å². The summed E-state index contributed by atoms with van der Waals surface area (Å²) in [5.41, 5.74) is 3.02. The Morgan fingerprint density at radius 1 is 1.21 bits per heavy atom. The van der Waals surface area contributed by atoms with Crippen molar-refractivity contribution in [3.05, 3.63) is 57.8 Å². The fraction of sp³-hybridized carbons (Fsp3) is 0.235. The maximum Gasteiger partial charge on any atom is 0.224 e. The number of hydrogen-bond donors (Lipinski definition) is 1. The fourth-order valence-corrected chi connectivity index (χ4v) is 2.41. The number of aryl methyl sites for hydroxylation is 1. The molecule has 0 aliphatic rings. The molecule has 0 bridgehead atoms. The number of halogens is 2.